The zero-order valence-corrected chi connectivity index (χ0v) is 14.9. The minimum absolute atomic E-state index is 0.0791. The van der Waals surface area contributed by atoms with Crippen LogP contribution in [0.1, 0.15) is 56.9 Å². The molecular formula is C21H29NO3. The number of carbonyl (C=O) groups excluding carboxylic acids is 1. The molecule has 1 heterocycles. The van der Waals surface area contributed by atoms with E-state index in [1.54, 1.807) is 0 Å². The summed E-state index contributed by atoms with van der Waals surface area (Å²) in [5.41, 5.74) is 1.36. The Labute approximate surface area is 150 Å². The fourth-order valence-electron chi connectivity index (χ4n) is 4.49. The van der Waals surface area contributed by atoms with E-state index in [2.05, 4.69) is 29.2 Å². The Balaban J connectivity index is 1.52. The summed E-state index contributed by atoms with van der Waals surface area (Å²) < 4.78 is 0. The van der Waals surface area contributed by atoms with Gasteiger partial charge in [-0.3, -0.25) is 9.59 Å². The van der Waals surface area contributed by atoms with E-state index < -0.39 is 5.97 Å². The smallest absolute Gasteiger partial charge is 0.306 e. The van der Waals surface area contributed by atoms with E-state index >= 15 is 0 Å². The van der Waals surface area contributed by atoms with E-state index in [9.17, 15) is 14.7 Å². The van der Waals surface area contributed by atoms with Crippen LogP contribution >= 0.6 is 0 Å². The van der Waals surface area contributed by atoms with Crippen LogP contribution in [-0.4, -0.2) is 34.5 Å². The van der Waals surface area contributed by atoms with Crippen LogP contribution in [0, 0.1) is 11.8 Å². The third-order valence-corrected chi connectivity index (χ3v) is 5.88. The van der Waals surface area contributed by atoms with Crippen molar-refractivity contribution in [2.24, 2.45) is 11.8 Å². The Morgan fingerprint density at radius 3 is 2.56 bits per heavy atom. The van der Waals surface area contributed by atoms with Crippen LogP contribution in [0.15, 0.2) is 30.3 Å². The molecule has 1 saturated carbocycles. The predicted molar refractivity (Wildman–Crippen MR) is 97.2 cm³/mol. The first-order valence-electron chi connectivity index (χ1n) is 9.72. The minimum Gasteiger partial charge on any atom is -0.481 e. The summed E-state index contributed by atoms with van der Waals surface area (Å²) in [6.07, 6.45) is 8.35. The van der Waals surface area contributed by atoms with E-state index in [4.69, 9.17) is 0 Å². The first kappa shape index (κ1) is 18.0. The van der Waals surface area contributed by atoms with E-state index in [0.717, 1.165) is 57.9 Å². The lowest BCUT2D eigenvalue weighted by Crippen LogP contribution is -2.41. The van der Waals surface area contributed by atoms with E-state index in [1.807, 2.05) is 6.07 Å². The molecule has 2 aliphatic rings. The lowest BCUT2D eigenvalue weighted by molar-refractivity contribution is -0.145. The van der Waals surface area contributed by atoms with Gasteiger partial charge < -0.3 is 10.0 Å². The second-order valence-electron chi connectivity index (χ2n) is 7.60. The summed E-state index contributed by atoms with van der Waals surface area (Å²) >= 11 is 0. The van der Waals surface area contributed by atoms with Crippen LogP contribution in [0.5, 0.6) is 0 Å². The average molecular weight is 343 g/mol. The predicted octanol–water partition coefficient (Wildman–Crippen LogP) is 3.89. The Bertz CT molecular complexity index is 586. The SMILES string of the molecule is O=C(O)C1CCCC(C(=O)N2CCCC2CCCc2ccccc2)C1. The summed E-state index contributed by atoms with van der Waals surface area (Å²) in [5, 5.41) is 9.25. The Morgan fingerprint density at radius 2 is 1.80 bits per heavy atom. The molecule has 4 nitrogen and oxygen atoms in total. The summed E-state index contributed by atoms with van der Waals surface area (Å²) in [5.74, 6) is -0.932. The molecule has 1 saturated heterocycles. The van der Waals surface area contributed by atoms with Gasteiger partial charge in [-0.15, -0.1) is 0 Å². The van der Waals surface area contributed by atoms with Crippen LogP contribution in [0.2, 0.25) is 0 Å². The van der Waals surface area contributed by atoms with Crippen molar-refractivity contribution in [3.63, 3.8) is 0 Å². The van der Waals surface area contributed by atoms with Crippen LogP contribution < -0.4 is 0 Å². The molecule has 4 heteroatoms. The highest BCUT2D eigenvalue weighted by Gasteiger charge is 2.36. The number of rotatable bonds is 6. The summed E-state index contributed by atoms with van der Waals surface area (Å²) in [4.78, 5) is 26.3. The maximum Gasteiger partial charge on any atom is 0.306 e. The van der Waals surface area contributed by atoms with Gasteiger partial charge in [0, 0.05) is 18.5 Å². The first-order valence-corrected chi connectivity index (χ1v) is 9.72. The molecular weight excluding hydrogens is 314 g/mol. The number of hydrogen-bond acceptors (Lipinski definition) is 2. The fourth-order valence-corrected chi connectivity index (χ4v) is 4.49. The number of aliphatic carboxylic acids is 1. The molecule has 3 unspecified atom stereocenters. The molecule has 136 valence electrons. The van der Waals surface area contributed by atoms with Crippen molar-refractivity contribution in [1.29, 1.82) is 0 Å². The maximum atomic E-state index is 12.9. The Morgan fingerprint density at radius 1 is 1.04 bits per heavy atom. The number of carboxylic acid groups (broad SMARTS) is 1. The van der Waals surface area contributed by atoms with Gasteiger partial charge in [0.05, 0.1) is 5.92 Å². The van der Waals surface area contributed by atoms with Crippen molar-refractivity contribution >= 4 is 11.9 Å². The van der Waals surface area contributed by atoms with Gasteiger partial charge in [-0.1, -0.05) is 36.8 Å². The second-order valence-corrected chi connectivity index (χ2v) is 7.60. The van der Waals surface area contributed by atoms with E-state index in [-0.39, 0.29) is 17.7 Å². The highest BCUT2D eigenvalue weighted by molar-refractivity contribution is 5.80. The van der Waals surface area contributed by atoms with Crippen molar-refractivity contribution in [2.45, 2.75) is 63.8 Å². The van der Waals surface area contributed by atoms with Crippen LogP contribution in [0.4, 0.5) is 0 Å². The number of aryl methyl sites for hydroxylation is 1. The second kappa shape index (κ2) is 8.50. The minimum atomic E-state index is -0.738. The summed E-state index contributed by atoms with van der Waals surface area (Å²) in [7, 11) is 0. The highest BCUT2D eigenvalue weighted by Crippen LogP contribution is 2.33. The number of benzene rings is 1. The Hall–Kier alpha value is -1.84. The van der Waals surface area contributed by atoms with Gasteiger partial charge in [0.25, 0.3) is 0 Å². The maximum absolute atomic E-state index is 12.9. The molecule has 3 atom stereocenters. The zero-order valence-electron chi connectivity index (χ0n) is 14.9. The average Bonchev–Trinajstić information content (AvgIpc) is 3.10. The summed E-state index contributed by atoms with van der Waals surface area (Å²) in [6.45, 7) is 0.850. The highest BCUT2D eigenvalue weighted by atomic mass is 16.4. The molecule has 0 bridgehead atoms. The van der Waals surface area contributed by atoms with Crippen LogP contribution in [-0.2, 0) is 16.0 Å². The van der Waals surface area contributed by atoms with E-state index in [0.29, 0.717) is 12.5 Å². The van der Waals surface area contributed by atoms with Gasteiger partial charge in [0.15, 0.2) is 0 Å². The molecule has 1 aromatic rings. The molecule has 1 amide bonds. The molecule has 1 N–H and O–H groups in total. The van der Waals surface area contributed by atoms with Crippen molar-refractivity contribution in [3.05, 3.63) is 35.9 Å². The fraction of sp³-hybridized carbons (Fsp3) is 0.619. The van der Waals surface area contributed by atoms with Gasteiger partial charge >= 0.3 is 5.97 Å². The molecule has 1 aliphatic carbocycles. The van der Waals surface area contributed by atoms with E-state index in [1.165, 1.54) is 5.56 Å². The lowest BCUT2D eigenvalue weighted by atomic mass is 9.80. The number of amides is 1. The van der Waals surface area contributed by atoms with Gasteiger partial charge in [-0.25, -0.2) is 0 Å². The Kier molecular flexibility index (Phi) is 6.11. The summed E-state index contributed by atoms with van der Waals surface area (Å²) in [6, 6.07) is 10.8. The molecule has 0 aromatic heterocycles. The number of carbonyl (C=O) groups is 2. The molecule has 3 rings (SSSR count). The lowest BCUT2D eigenvalue weighted by Gasteiger charge is -2.32. The van der Waals surface area contributed by atoms with Crippen molar-refractivity contribution in [2.75, 3.05) is 6.54 Å². The monoisotopic (exact) mass is 343 g/mol. The first-order chi connectivity index (χ1) is 12.1. The zero-order chi connectivity index (χ0) is 17.6. The van der Waals surface area contributed by atoms with Crippen molar-refractivity contribution in [1.82, 2.24) is 4.90 Å². The molecule has 0 spiro atoms. The largest absolute Gasteiger partial charge is 0.481 e. The molecule has 2 fully saturated rings. The molecule has 1 aliphatic heterocycles. The molecule has 1 aromatic carbocycles. The topological polar surface area (TPSA) is 57.6 Å². The van der Waals surface area contributed by atoms with Crippen molar-refractivity contribution in [3.8, 4) is 0 Å². The third kappa shape index (κ3) is 4.62. The standard InChI is InChI=1S/C21H29NO3/c23-20(17-10-5-11-18(15-17)21(24)25)22-14-6-13-19(22)12-4-9-16-7-2-1-3-8-16/h1-3,7-8,17-19H,4-6,9-15H2,(H,24,25). The molecule has 25 heavy (non-hydrogen) atoms. The van der Waals surface area contributed by atoms with Crippen LogP contribution in [0.25, 0.3) is 0 Å². The number of hydrogen-bond donors (Lipinski definition) is 1. The van der Waals surface area contributed by atoms with Gasteiger partial charge in [-0.2, -0.15) is 0 Å². The van der Waals surface area contributed by atoms with Crippen molar-refractivity contribution < 1.29 is 14.7 Å². The van der Waals surface area contributed by atoms with Crippen LogP contribution in [0.3, 0.4) is 0 Å². The quantitative estimate of drug-likeness (QED) is 0.852. The number of likely N-dealkylation sites (tertiary alicyclic amines) is 1. The normalized spacial score (nSPS) is 26.6. The number of nitrogens with zero attached hydrogens (tertiary/aromatic N) is 1. The third-order valence-electron chi connectivity index (χ3n) is 5.88. The van der Waals surface area contributed by atoms with Gasteiger partial charge in [0.1, 0.15) is 0 Å². The van der Waals surface area contributed by atoms with Gasteiger partial charge in [0.2, 0.25) is 5.91 Å². The number of carboxylic acids is 1. The molecule has 0 radical (unpaired) electrons. The van der Waals surface area contributed by atoms with Gasteiger partial charge in [-0.05, 0) is 56.9 Å².